The van der Waals surface area contributed by atoms with Gasteiger partial charge in [-0.25, -0.2) is 0 Å². The van der Waals surface area contributed by atoms with Crippen molar-refractivity contribution in [3.8, 4) is 5.75 Å². The molecule has 1 aliphatic rings. The van der Waals surface area contributed by atoms with Crippen LogP contribution in [0, 0.1) is 11.8 Å². The molecule has 2 atom stereocenters. The van der Waals surface area contributed by atoms with Crippen LogP contribution in [0.3, 0.4) is 0 Å². The van der Waals surface area contributed by atoms with Gasteiger partial charge in [0.1, 0.15) is 5.75 Å². The lowest BCUT2D eigenvalue weighted by Gasteiger charge is -2.15. The molecule has 20 heavy (non-hydrogen) atoms. The molecule has 1 saturated carbocycles. The summed E-state index contributed by atoms with van der Waals surface area (Å²) in [6.07, 6.45) is 2.56. The Morgan fingerprint density at radius 3 is 2.45 bits per heavy atom. The van der Waals surface area contributed by atoms with E-state index in [0.717, 1.165) is 24.0 Å². The molecule has 0 bridgehead atoms. The molecule has 1 aromatic rings. The number of benzene rings is 1. The van der Waals surface area contributed by atoms with Crippen molar-refractivity contribution in [1.29, 1.82) is 0 Å². The van der Waals surface area contributed by atoms with Crippen molar-refractivity contribution >= 4 is 24.0 Å². The fraction of sp³-hybridized carbons (Fsp3) is 0.533. The van der Waals surface area contributed by atoms with E-state index in [4.69, 9.17) is 10.5 Å². The molecule has 1 fully saturated rings. The molecule has 112 valence electrons. The van der Waals surface area contributed by atoms with E-state index in [1.807, 2.05) is 38.1 Å². The first kappa shape index (κ1) is 16.8. The average molecular weight is 299 g/mol. The topological polar surface area (TPSA) is 64.4 Å². The van der Waals surface area contributed by atoms with Crippen LogP contribution in [0.4, 0.5) is 5.69 Å². The normalized spacial score (nSPS) is 16.8. The number of ether oxygens (including phenoxy) is 1. The van der Waals surface area contributed by atoms with Gasteiger partial charge in [-0.2, -0.15) is 0 Å². The van der Waals surface area contributed by atoms with Gasteiger partial charge in [0.2, 0.25) is 5.91 Å². The summed E-state index contributed by atoms with van der Waals surface area (Å²) in [5, 5.41) is 2.85. The molecule has 0 spiro atoms. The maximum absolute atomic E-state index is 11.8. The van der Waals surface area contributed by atoms with Crippen LogP contribution in [0.5, 0.6) is 5.75 Å². The molecule has 2 unspecified atom stereocenters. The molecule has 2 rings (SSSR count). The molecule has 1 amide bonds. The molecule has 1 aromatic carbocycles. The minimum Gasteiger partial charge on any atom is -0.493 e. The Kier molecular flexibility index (Phi) is 6.30. The van der Waals surface area contributed by atoms with Crippen LogP contribution in [-0.4, -0.2) is 18.6 Å². The largest absolute Gasteiger partial charge is 0.493 e. The van der Waals surface area contributed by atoms with E-state index in [1.165, 1.54) is 12.8 Å². The highest BCUT2D eigenvalue weighted by Crippen LogP contribution is 2.29. The van der Waals surface area contributed by atoms with Crippen molar-refractivity contribution in [1.82, 2.24) is 0 Å². The lowest BCUT2D eigenvalue weighted by Crippen LogP contribution is -2.34. The molecule has 0 aliphatic heterocycles. The van der Waals surface area contributed by atoms with Crippen molar-refractivity contribution < 1.29 is 9.53 Å². The predicted molar refractivity (Wildman–Crippen MR) is 83.4 cm³/mol. The van der Waals surface area contributed by atoms with Crippen molar-refractivity contribution in [2.24, 2.45) is 17.6 Å². The third kappa shape index (κ3) is 5.02. The maximum Gasteiger partial charge on any atom is 0.228 e. The summed E-state index contributed by atoms with van der Waals surface area (Å²) in [7, 11) is 0. The SMILES string of the molecule is CC(N)C(C)C(=O)Nc1ccc(OCC2CC2)cc1.Cl. The monoisotopic (exact) mass is 298 g/mol. The van der Waals surface area contributed by atoms with Gasteiger partial charge in [-0.1, -0.05) is 6.92 Å². The zero-order valence-electron chi connectivity index (χ0n) is 12.0. The third-order valence-electron chi connectivity index (χ3n) is 3.51. The van der Waals surface area contributed by atoms with E-state index in [0.29, 0.717) is 0 Å². The first-order chi connectivity index (χ1) is 9.06. The Morgan fingerprint density at radius 1 is 1.35 bits per heavy atom. The third-order valence-corrected chi connectivity index (χ3v) is 3.51. The second-order valence-corrected chi connectivity index (χ2v) is 5.42. The predicted octanol–water partition coefficient (Wildman–Crippen LogP) is 2.82. The molecule has 1 aliphatic carbocycles. The Morgan fingerprint density at radius 2 is 1.95 bits per heavy atom. The molecular formula is C15H23ClN2O2. The highest BCUT2D eigenvalue weighted by Gasteiger charge is 2.21. The number of nitrogens with two attached hydrogens (primary N) is 1. The van der Waals surface area contributed by atoms with Crippen LogP contribution in [0.1, 0.15) is 26.7 Å². The van der Waals surface area contributed by atoms with Gasteiger partial charge < -0.3 is 15.8 Å². The summed E-state index contributed by atoms with van der Waals surface area (Å²) in [5.41, 5.74) is 6.48. The number of rotatable bonds is 6. The zero-order valence-corrected chi connectivity index (χ0v) is 12.8. The Bertz CT molecular complexity index is 430. The fourth-order valence-corrected chi connectivity index (χ4v) is 1.63. The summed E-state index contributed by atoms with van der Waals surface area (Å²) in [5.74, 6) is 1.34. The van der Waals surface area contributed by atoms with Gasteiger partial charge in [-0.15, -0.1) is 12.4 Å². The Hall–Kier alpha value is -1.26. The molecular weight excluding hydrogens is 276 g/mol. The van der Waals surface area contributed by atoms with Crippen LogP contribution in [0.15, 0.2) is 24.3 Å². The van der Waals surface area contributed by atoms with Gasteiger partial charge >= 0.3 is 0 Å². The number of anilines is 1. The van der Waals surface area contributed by atoms with Crippen molar-refractivity contribution in [2.45, 2.75) is 32.7 Å². The standard InChI is InChI=1S/C15H22N2O2.ClH/c1-10(11(2)16)15(18)17-13-5-7-14(8-6-13)19-9-12-3-4-12;/h5-8,10-12H,3-4,9,16H2,1-2H3,(H,17,18);1H. The summed E-state index contributed by atoms with van der Waals surface area (Å²) < 4.78 is 5.64. The number of carbonyl (C=O) groups is 1. The van der Waals surface area contributed by atoms with Gasteiger partial charge in [0.25, 0.3) is 0 Å². The van der Waals surface area contributed by atoms with E-state index in [-0.39, 0.29) is 30.3 Å². The van der Waals surface area contributed by atoms with Gasteiger partial charge in [-0.3, -0.25) is 4.79 Å². The molecule has 5 heteroatoms. The lowest BCUT2D eigenvalue weighted by atomic mass is 10.0. The van der Waals surface area contributed by atoms with Crippen LogP contribution in [0.2, 0.25) is 0 Å². The van der Waals surface area contributed by atoms with Gasteiger partial charge in [0.05, 0.1) is 12.5 Å². The number of halogens is 1. The number of hydrogen-bond acceptors (Lipinski definition) is 3. The average Bonchev–Trinajstić information content (AvgIpc) is 3.21. The lowest BCUT2D eigenvalue weighted by molar-refractivity contribution is -0.119. The molecule has 0 heterocycles. The van der Waals surface area contributed by atoms with E-state index >= 15 is 0 Å². The number of nitrogens with one attached hydrogen (secondary N) is 1. The number of hydrogen-bond donors (Lipinski definition) is 2. The first-order valence-corrected chi connectivity index (χ1v) is 6.85. The second kappa shape index (κ2) is 7.50. The quantitative estimate of drug-likeness (QED) is 0.849. The minimum atomic E-state index is -0.203. The summed E-state index contributed by atoms with van der Waals surface area (Å²) >= 11 is 0. The minimum absolute atomic E-state index is 0. The van der Waals surface area contributed by atoms with E-state index in [1.54, 1.807) is 0 Å². The van der Waals surface area contributed by atoms with Gasteiger partial charge in [-0.05, 0) is 49.9 Å². The highest BCUT2D eigenvalue weighted by molar-refractivity contribution is 5.92. The molecule has 4 nitrogen and oxygen atoms in total. The van der Waals surface area contributed by atoms with Crippen LogP contribution in [0.25, 0.3) is 0 Å². The summed E-state index contributed by atoms with van der Waals surface area (Å²) in [6, 6.07) is 7.33. The van der Waals surface area contributed by atoms with Crippen molar-refractivity contribution in [2.75, 3.05) is 11.9 Å². The van der Waals surface area contributed by atoms with Crippen molar-refractivity contribution in [3.05, 3.63) is 24.3 Å². The zero-order chi connectivity index (χ0) is 13.8. The van der Waals surface area contributed by atoms with Gasteiger partial charge in [0, 0.05) is 11.7 Å². The van der Waals surface area contributed by atoms with E-state index < -0.39 is 0 Å². The second-order valence-electron chi connectivity index (χ2n) is 5.42. The van der Waals surface area contributed by atoms with Crippen molar-refractivity contribution in [3.63, 3.8) is 0 Å². The molecule has 0 saturated heterocycles. The molecule has 3 N–H and O–H groups in total. The van der Waals surface area contributed by atoms with Crippen LogP contribution < -0.4 is 15.8 Å². The Balaban J connectivity index is 0.00000200. The number of carbonyl (C=O) groups excluding carboxylic acids is 1. The summed E-state index contributed by atoms with van der Waals surface area (Å²) in [4.78, 5) is 11.8. The molecule has 0 aromatic heterocycles. The highest BCUT2D eigenvalue weighted by atomic mass is 35.5. The van der Waals surface area contributed by atoms with Gasteiger partial charge in [0.15, 0.2) is 0 Å². The molecule has 0 radical (unpaired) electrons. The summed E-state index contributed by atoms with van der Waals surface area (Å²) in [6.45, 7) is 4.46. The maximum atomic E-state index is 11.8. The Labute approximate surface area is 126 Å². The first-order valence-electron chi connectivity index (χ1n) is 6.85. The smallest absolute Gasteiger partial charge is 0.228 e. The number of amides is 1. The fourth-order valence-electron chi connectivity index (χ4n) is 1.63. The van der Waals surface area contributed by atoms with E-state index in [2.05, 4.69) is 5.32 Å². The van der Waals surface area contributed by atoms with E-state index in [9.17, 15) is 4.79 Å². The van der Waals surface area contributed by atoms with Crippen LogP contribution in [-0.2, 0) is 4.79 Å². The van der Waals surface area contributed by atoms with Crippen LogP contribution >= 0.6 is 12.4 Å².